The quantitative estimate of drug-likeness (QED) is 0.775. The molecule has 1 heterocycles. The molecule has 0 saturated heterocycles. The van der Waals surface area contributed by atoms with Gasteiger partial charge in [0.1, 0.15) is 22.8 Å². The molecule has 0 spiro atoms. The number of carbonyl (C=O) groups is 1. The summed E-state index contributed by atoms with van der Waals surface area (Å²) in [4.78, 5) is 12.8. The molecule has 1 aliphatic rings. The van der Waals surface area contributed by atoms with Crippen LogP contribution >= 0.6 is 11.6 Å². The topological polar surface area (TPSA) is 56.8 Å². The van der Waals surface area contributed by atoms with Crippen LogP contribution in [-0.4, -0.2) is 24.7 Å². The molecule has 0 unspecified atom stereocenters. The van der Waals surface area contributed by atoms with Gasteiger partial charge in [-0.3, -0.25) is 4.79 Å². The van der Waals surface area contributed by atoms with Gasteiger partial charge in [0.2, 0.25) is 0 Å². The second-order valence-corrected chi connectivity index (χ2v) is 8.11. The normalized spacial score (nSPS) is 18.4. The van der Waals surface area contributed by atoms with E-state index in [2.05, 4.69) is 5.32 Å². The molecule has 0 saturated carbocycles. The van der Waals surface area contributed by atoms with Crippen molar-refractivity contribution in [2.24, 2.45) is 0 Å². The number of benzene rings is 2. The summed E-state index contributed by atoms with van der Waals surface area (Å²) in [5.41, 5.74) is 1.43. The first-order valence-corrected chi connectivity index (χ1v) is 9.66. The lowest BCUT2D eigenvalue weighted by molar-refractivity contribution is -0.128. The van der Waals surface area contributed by atoms with Crippen LogP contribution in [0.4, 0.5) is 0 Å². The van der Waals surface area contributed by atoms with E-state index >= 15 is 0 Å². The van der Waals surface area contributed by atoms with E-state index in [1.54, 1.807) is 26.2 Å². The SMILES string of the molecule is COc1ccc2c(c1)OC(C)(C)C[C@H]2NC(=O)[C@@H](C)Oc1ccc(Cl)c(C)c1. The highest BCUT2D eigenvalue weighted by Crippen LogP contribution is 2.41. The Morgan fingerprint density at radius 2 is 1.96 bits per heavy atom. The number of hydrogen-bond donors (Lipinski definition) is 1. The fraction of sp³-hybridized carbons (Fsp3) is 0.409. The molecule has 2 aromatic carbocycles. The Labute approximate surface area is 170 Å². The largest absolute Gasteiger partial charge is 0.497 e. The second-order valence-electron chi connectivity index (χ2n) is 7.70. The maximum absolute atomic E-state index is 12.8. The van der Waals surface area contributed by atoms with Crippen LogP contribution in [0.2, 0.25) is 5.02 Å². The summed E-state index contributed by atoms with van der Waals surface area (Å²) in [7, 11) is 1.62. The monoisotopic (exact) mass is 403 g/mol. The van der Waals surface area contributed by atoms with Gasteiger partial charge in [-0.25, -0.2) is 0 Å². The van der Waals surface area contributed by atoms with Crippen molar-refractivity contribution in [2.75, 3.05) is 7.11 Å². The Hall–Kier alpha value is -2.40. The maximum atomic E-state index is 12.8. The first kappa shape index (κ1) is 20.3. The average molecular weight is 404 g/mol. The molecule has 1 N–H and O–H groups in total. The van der Waals surface area contributed by atoms with E-state index in [0.29, 0.717) is 17.2 Å². The van der Waals surface area contributed by atoms with Gasteiger partial charge in [0, 0.05) is 23.1 Å². The Morgan fingerprint density at radius 3 is 2.64 bits per heavy atom. The van der Waals surface area contributed by atoms with Crippen LogP contribution in [0.25, 0.3) is 0 Å². The zero-order valence-corrected chi connectivity index (χ0v) is 17.6. The summed E-state index contributed by atoms with van der Waals surface area (Å²) in [6.07, 6.45) is 0.0124. The lowest BCUT2D eigenvalue weighted by Gasteiger charge is -2.38. The van der Waals surface area contributed by atoms with Crippen LogP contribution in [0.15, 0.2) is 36.4 Å². The van der Waals surface area contributed by atoms with E-state index < -0.39 is 11.7 Å². The van der Waals surface area contributed by atoms with E-state index in [4.69, 9.17) is 25.8 Å². The zero-order chi connectivity index (χ0) is 20.5. The minimum absolute atomic E-state index is 0.171. The molecule has 150 valence electrons. The number of halogens is 1. The van der Waals surface area contributed by atoms with Crippen molar-refractivity contribution < 1.29 is 19.0 Å². The molecule has 0 aliphatic carbocycles. The highest BCUT2D eigenvalue weighted by molar-refractivity contribution is 6.31. The number of methoxy groups -OCH3 is 1. The number of nitrogens with one attached hydrogen (secondary N) is 1. The third-order valence-electron chi connectivity index (χ3n) is 4.81. The Kier molecular flexibility index (Phi) is 5.75. The fourth-order valence-electron chi connectivity index (χ4n) is 3.32. The van der Waals surface area contributed by atoms with Gasteiger partial charge in [-0.1, -0.05) is 11.6 Å². The molecular formula is C22H26ClNO4. The molecule has 1 aliphatic heterocycles. The third kappa shape index (κ3) is 4.53. The van der Waals surface area contributed by atoms with Crippen LogP contribution < -0.4 is 19.5 Å². The molecule has 2 atom stereocenters. The van der Waals surface area contributed by atoms with Crippen molar-refractivity contribution in [3.05, 3.63) is 52.5 Å². The van der Waals surface area contributed by atoms with E-state index in [-0.39, 0.29) is 11.9 Å². The van der Waals surface area contributed by atoms with Crippen LogP contribution in [0.5, 0.6) is 17.2 Å². The number of amides is 1. The number of aryl methyl sites for hydroxylation is 1. The van der Waals surface area contributed by atoms with Gasteiger partial charge in [-0.05, 0) is 63.6 Å². The highest BCUT2D eigenvalue weighted by Gasteiger charge is 2.35. The number of fused-ring (bicyclic) bond motifs is 1. The van der Waals surface area contributed by atoms with E-state index in [1.807, 2.05) is 45.0 Å². The van der Waals surface area contributed by atoms with Crippen molar-refractivity contribution >= 4 is 17.5 Å². The molecule has 1 amide bonds. The van der Waals surface area contributed by atoms with Gasteiger partial charge in [0.25, 0.3) is 5.91 Å². The molecule has 2 aromatic rings. The van der Waals surface area contributed by atoms with Gasteiger partial charge in [0.05, 0.1) is 13.2 Å². The molecule has 0 bridgehead atoms. The third-order valence-corrected chi connectivity index (χ3v) is 5.23. The smallest absolute Gasteiger partial charge is 0.261 e. The maximum Gasteiger partial charge on any atom is 0.261 e. The standard InChI is InChI=1S/C22H26ClNO4/c1-13-10-16(7-9-18(13)23)27-14(2)21(25)24-19-12-22(3,4)28-20-11-15(26-5)6-8-17(19)20/h6-11,14,19H,12H2,1-5H3,(H,24,25)/t14-,19-/m1/s1. The van der Waals surface area contributed by atoms with E-state index in [1.165, 1.54) is 0 Å². The molecule has 0 aromatic heterocycles. The lowest BCUT2D eigenvalue weighted by atomic mass is 9.89. The van der Waals surface area contributed by atoms with E-state index in [9.17, 15) is 4.79 Å². The van der Waals surface area contributed by atoms with Gasteiger partial charge in [-0.15, -0.1) is 0 Å². The summed E-state index contributed by atoms with van der Waals surface area (Å²) < 4.78 is 17.2. The van der Waals surface area contributed by atoms with Crippen LogP contribution in [0.1, 0.15) is 44.4 Å². The van der Waals surface area contributed by atoms with Crippen LogP contribution in [0, 0.1) is 6.92 Å². The summed E-state index contributed by atoms with van der Waals surface area (Å²) in [6.45, 7) is 7.64. The number of ether oxygens (including phenoxy) is 3. The predicted molar refractivity (Wildman–Crippen MR) is 109 cm³/mol. The number of carbonyl (C=O) groups excluding carboxylic acids is 1. The van der Waals surface area contributed by atoms with Gasteiger partial charge >= 0.3 is 0 Å². The summed E-state index contributed by atoms with van der Waals surface area (Å²) in [5, 5.41) is 3.77. The minimum Gasteiger partial charge on any atom is -0.497 e. The summed E-state index contributed by atoms with van der Waals surface area (Å²) >= 11 is 6.05. The molecule has 0 radical (unpaired) electrons. The van der Waals surface area contributed by atoms with Crippen molar-refractivity contribution in [3.63, 3.8) is 0 Å². The number of rotatable bonds is 5. The van der Waals surface area contributed by atoms with Crippen molar-refractivity contribution in [1.82, 2.24) is 5.32 Å². The van der Waals surface area contributed by atoms with Crippen molar-refractivity contribution in [1.29, 1.82) is 0 Å². The van der Waals surface area contributed by atoms with Gasteiger partial charge < -0.3 is 19.5 Å². The molecular weight excluding hydrogens is 378 g/mol. The summed E-state index contributed by atoms with van der Waals surface area (Å²) in [6, 6.07) is 10.8. The minimum atomic E-state index is -0.645. The van der Waals surface area contributed by atoms with Crippen LogP contribution in [-0.2, 0) is 4.79 Å². The lowest BCUT2D eigenvalue weighted by Crippen LogP contribution is -2.44. The average Bonchev–Trinajstić information content (AvgIpc) is 2.63. The Morgan fingerprint density at radius 1 is 1.25 bits per heavy atom. The molecule has 3 rings (SSSR count). The van der Waals surface area contributed by atoms with Gasteiger partial charge in [0.15, 0.2) is 6.10 Å². The predicted octanol–water partition coefficient (Wildman–Crippen LogP) is 4.84. The fourth-order valence-corrected chi connectivity index (χ4v) is 3.44. The zero-order valence-electron chi connectivity index (χ0n) is 16.8. The first-order chi connectivity index (χ1) is 13.2. The summed E-state index contributed by atoms with van der Waals surface area (Å²) in [5.74, 6) is 1.87. The van der Waals surface area contributed by atoms with Gasteiger partial charge in [-0.2, -0.15) is 0 Å². The Balaban J connectivity index is 1.74. The van der Waals surface area contributed by atoms with E-state index in [0.717, 1.165) is 22.6 Å². The van der Waals surface area contributed by atoms with Crippen LogP contribution in [0.3, 0.4) is 0 Å². The molecule has 5 nitrogen and oxygen atoms in total. The number of hydrogen-bond acceptors (Lipinski definition) is 4. The molecule has 6 heteroatoms. The van der Waals surface area contributed by atoms with Crippen molar-refractivity contribution in [3.8, 4) is 17.2 Å². The second kappa shape index (κ2) is 7.92. The molecule has 0 fully saturated rings. The molecule has 28 heavy (non-hydrogen) atoms. The van der Waals surface area contributed by atoms with Crippen molar-refractivity contribution in [2.45, 2.75) is 51.9 Å². The Bertz CT molecular complexity index is 881. The highest BCUT2D eigenvalue weighted by atomic mass is 35.5. The first-order valence-electron chi connectivity index (χ1n) is 9.28.